The lowest BCUT2D eigenvalue weighted by Crippen LogP contribution is -2.03. The maximum atomic E-state index is 6.21. The van der Waals surface area contributed by atoms with E-state index in [0.29, 0.717) is 13.2 Å². The second-order valence-electron chi connectivity index (χ2n) is 10.3. The monoisotopic (exact) mass is 522 g/mol. The Labute approximate surface area is 233 Å². The second-order valence-corrected chi connectivity index (χ2v) is 10.3. The normalized spacial score (nSPS) is 12.9. The van der Waals surface area contributed by atoms with Crippen LogP contribution in [0.25, 0.3) is 21.8 Å². The zero-order chi connectivity index (χ0) is 26.7. The van der Waals surface area contributed by atoms with Crippen molar-refractivity contribution in [3.05, 3.63) is 156 Å². The molecule has 0 aliphatic heterocycles. The number of rotatable bonds is 9. The van der Waals surface area contributed by atoms with Gasteiger partial charge >= 0.3 is 0 Å². The average molecular weight is 523 g/mol. The maximum absolute atomic E-state index is 6.21. The number of aromatic nitrogens is 2. The smallest absolute Gasteiger partial charge is 0.120 e. The largest absolute Gasteiger partial charge is 0.489 e. The second kappa shape index (κ2) is 10.7. The fourth-order valence-corrected chi connectivity index (χ4v) is 5.63. The van der Waals surface area contributed by atoms with Crippen LogP contribution in [0.3, 0.4) is 0 Å². The van der Waals surface area contributed by atoms with Gasteiger partial charge in [-0.15, -0.1) is 0 Å². The Balaban J connectivity index is 1.24. The molecule has 0 atom stereocenters. The molecule has 4 heteroatoms. The molecule has 0 saturated carbocycles. The van der Waals surface area contributed by atoms with E-state index in [1.54, 1.807) is 0 Å². The van der Waals surface area contributed by atoms with Crippen LogP contribution in [-0.4, -0.2) is 9.97 Å². The van der Waals surface area contributed by atoms with Crippen molar-refractivity contribution in [1.82, 2.24) is 9.97 Å². The summed E-state index contributed by atoms with van der Waals surface area (Å²) < 4.78 is 12.4. The Morgan fingerprint density at radius 3 is 1.62 bits per heavy atom. The molecule has 6 aromatic rings. The minimum Gasteiger partial charge on any atom is -0.489 e. The third-order valence-electron chi connectivity index (χ3n) is 7.66. The lowest BCUT2D eigenvalue weighted by Gasteiger charge is -2.19. The number of aromatic amines is 2. The number of benzene rings is 4. The highest BCUT2D eigenvalue weighted by atomic mass is 16.5. The standard InChI is InChI=1S/C36H30N2O2/c1-3-9-25(10-4-1)23-39-28-15-17-34-30(19-28)32(21-37-34)36(27-13-7-8-14-27)33-22-38-35-18-16-29(20-31(33)35)40-24-26-11-5-2-6-12-26/h1-13,15-22,36-38H,14,23-24H2. The molecular weight excluding hydrogens is 492 g/mol. The summed E-state index contributed by atoms with van der Waals surface area (Å²) in [7, 11) is 0. The molecule has 2 heterocycles. The first-order chi connectivity index (χ1) is 19.8. The molecule has 40 heavy (non-hydrogen) atoms. The van der Waals surface area contributed by atoms with Gasteiger partial charge in [-0.3, -0.25) is 0 Å². The van der Waals surface area contributed by atoms with E-state index in [1.165, 1.54) is 27.5 Å². The van der Waals surface area contributed by atoms with Gasteiger partial charge in [-0.2, -0.15) is 0 Å². The molecule has 0 unspecified atom stereocenters. The first kappa shape index (κ1) is 24.1. The Morgan fingerprint density at radius 2 is 1.15 bits per heavy atom. The van der Waals surface area contributed by atoms with Gasteiger partial charge in [-0.1, -0.05) is 84.5 Å². The van der Waals surface area contributed by atoms with Gasteiger partial charge in [0.15, 0.2) is 0 Å². The molecule has 7 rings (SSSR count). The SMILES string of the molecule is C1=CCC(C(c2c[nH]c3ccc(OCc4ccccc4)cc23)c2c[nH]c3ccc(OCc4ccccc4)cc23)=C1. The van der Waals surface area contributed by atoms with Crippen molar-refractivity contribution in [2.24, 2.45) is 0 Å². The molecule has 0 saturated heterocycles. The molecule has 2 aromatic heterocycles. The summed E-state index contributed by atoms with van der Waals surface area (Å²) in [6.45, 7) is 1.08. The highest BCUT2D eigenvalue weighted by molar-refractivity contribution is 5.90. The molecule has 0 fully saturated rings. The molecule has 1 aliphatic rings. The van der Waals surface area contributed by atoms with Crippen LogP contribution in [0.4, 0.5) is 0 Å². The lowest BCUT2D eigenvalue weighted by molar-refractivity contribution is 0.306. The molecular formula is C36H30N2O2. The summed E-state index contributed by atoms with van der Waals surface area (Å²) in [4.78, 5) is 7.03. The van der Waals surface area contributed by atoms with Gasteiger partial charge in [0.25, 0.3) is 0 Å². The van der Waals surface area contributed by atoms with Crippen LogP contribution in [0.5, 0.6) is 11.5 Å². The van der Waals surface area contributed by atoms with E-state index in [-0.39, 0.29) is 5.92 Å². The Morgan fingerprint density at radius 1 is 0.625 bits per heavy atom. The highest BCUT2D eigenvalue weighted by Gasteiger charge is 2.25. The van der Waals surface area contributed by atoms with E-state index in [0.717, 1.165) is 40.1 Å². The molecule has 0 amide bonds. The lowest BCUT2D eigenvalue weighted by atomic mass is 9.84. The van der Waals surface area contributed by atoms with E-state index < -0.39 is 0 Å². The van der Waals surface area contributed by atoms with Crippen molar-refractivity contribution < 1.29 is 9.47 Å². The van der Waals surface area contributed by atoms with Crippen LogP contribution >= 0.6 is 0 Å². The number of fused-ring (bicyclic) bond motifs is 2. The molecule has 1 aliphatic carbocycles. The van der Waals surface area contributed by atoms with E-state index in [4.69, 9.17) is 9.47 Å². The van der Waals surface area contributed by atoms with Crippen LogP contribution in [0.1, 0.15) is 34.6 Å². The van der Waals surface area contributed by atoms with E-state index in [1.807, 2.05) is 48.5 Å². The summed E-state index contributed by atoms with van der Waals surface area (Å²) in [5.74, 6) is 1.82. The van der Waals surface area contributed by atoms with Gasteiger partial charge in [0, 0.05) is 40.1 Å². The topological polar surface area (TPSA) is 50.0 Å². The molecule has 0 spiro atoms. The number of H-pyrrole nitrogens is 2. The highest BCUT2D eigenvalue weighted by Crippen LogP contribution is 2.43. The quantitative estimate of drug-likeness (QED) is 0.199. The molecule has 4 nitrogen and oxygen atoms in total. The average Bonchev–Trinajstić information content (AvgIpc) is 3.78. The number of nitrogens with one attached hydrogen (secondary N) is 2. The van der Waals surface area contributed by atoms with E-state index in [2.05, 4.69) is 89.1 Å². The zero-order valence-electron chi connectivity index (χ0n) is 22.1. The van der Waals surface area contributed by atoms with Gasteiger partial charge in [-0.25, -0.2) is 0 Å². The summed E-state index contributed by atoms with van der Waals surface area (Å²) in [6, 6.07) is 33.2. The van der Waals surface area contributed by atoms with Gasteiger partial charge in [0.05, 0.1) is 0 Å². The third kappa shape index (κ3) is 4.80. The predicted molar refractivity (Wildman–Crippen MR) is 162 cm³/mol. The predicted octanol–water partition coefficient (Wildman–Crippen LogP) is 8.83. The Hall–Kier alpha value is -4.96. The Kier molecular flexibility index (Phi) is 6.42. The summed E-state index contributed by atoms with van der Waals surface area (Å²) in [6.07, 6.45) is 11.9. The summed E-state index contributed by atoms with van der Waals surface area (Å²) in [5, 5.41) is 2.35. The van der Waals surface area contributed by atoms with Gasteiger partial charge in [-0.05, 0) is 65.1 Å². The number of hydrogen-bond acceptors (Lipinski definition) is 2. The first-order valence-corrected chi connectivity index (χ1v) is 13.7. The van der Waals surface area contributed by atoms with Gasteiger partial charge < -0.3 is 19.4 Å². The van der Waals surface area contributed by atoms with Gasteiger partial charge in [0.2, 0.25) is 0 Å². The Bertz CT molecular complexity index is 1710. The van der Waals surface area contributed by atoms with Gasteiger partial charge in [0.1, 0.15) is 24.7 Å². The van der Waals surface area contributed by atoms with Crippen LogP contribution in [0.15, 0.2) is 133 Å². The molecule has 4 aromatic carbocycles. The number of allylic oxidation sites excluding steroid dienone is 4. The van der Waals surface area contributed by atoms with Crippen molar-refractivity contribution in [3.63, 3.8) is 0 Å². The minimum atomic E-state index is 0.0891. The van der Waals surface area contributed by atoms with Crippen LogP contribution in [0, 0.1) is 0 Å². The van der Waals surface area contributed by atoms with Crippen LogP contribution < -0.4 is 9.47 Å². The fraction of sp³-hybridized carbons (Fsp3) is 0.111. The maximum Gasteiger partial charge on any atom is 0.120 e. The third-order valence-corrected chi connectivity index (χ3v) is 7.66. The molecule has 196 valence electrons. The molecule has 2 N–H and O–H groups in total. The van der Waals surface area contributed by atoms with Crippen LogP contribution in [0.2, 0.25) is 0 Å². The van der Waals surface area contributed by atoms with Crippen molar-refractivity contribution in [1.29, 1.82) is 0 Å². The summed E-state index contributed by atoms with van der Waals surface area (Å²) >= 11 is 0. The van der Waals surface area contributed by atoms with Crippen molar-refractivity contribution in [2.45, 2.75) is 25.6 Å². The van der Waals surface area contributed by atoms with Crippen molar-refractivity contribution in [3.8, 4) is 11.5 Å². The summed E-state index contributed by atoms with van der Waals surface area (Å²) in [5.41, 5.74) is 8.36. The molecule has 0 radical (unpaired) electrons. The molecule has 0 bridgehead atoms. The van der Waals surface area contributed by atoms with Crippen LogP contribution in [-0.2, 0) is 13.2 Å². The van der Waals surface area contributed by atoms with E-state index in [9.17, 15) is 0 Å². The fourth-order valence-electron chi connectivity index (χ4n) is 5.63. The zero-order valence-corrected chi connectivity index (χ0v) is 22.1. The van der Waals surface area contributed by atoms with E-state index >= 15 is 0 Å². The number of hydrogen-bond donors (Lipinski definition) is 2. The number of ether oxygens (including phenoxy) is 2. The minimum absolute atomic E-state index is 0.0891. The van der Waals surface area contributed by atoms with Crippen molar-refractivity contribution in [2.75, 3.05) is 0 Å². The first-order valence-electron chi connectivity index (χ1n) is 13.7. The van der Waals surface area contributed by atoms with Crippen molar-refractivity contribution >= 4 is 21.8 Å².